The molecule has 0 amide bonds. The Kier molecular flexibility index (Phi) is 3.52. The molecule has 14 heavy (non-hydrogen) atoms. The molecule has 0 aromatic heterocycles. The number of nitrogens with one attached hydrogen (secondary N) is 1. The van der Waals surface area contributed by atoms with Crippen LogP contribution >= 0.6 is 0 Å². The summed E-state index contributed by atoms with van der Waals surface area (Å²) >= 11 is 0. The van der Waals surface area contributed by atoms with Gasteiger partial charge in [-0.15, -0.1) is 0 Å². The van der Waals surface area contributed by atoms with E-state index in [1.54, 1.807) is 0 Å². The number of aliphatic hydroxyl groups is 1. The van der Waals surface area contributed by atoms with E-state index in [0.29, 0.717) is 13.0 Å². The highest BCUT2D eigenvalue weighted by Gasteiger charge is 2.39. The van der Waals surface area contributed by atoms with Crippen LogP contribution in [0.5, 0.6) is 0 Å². The molecule has 0 aliphatic carbocycles. The zero-order valence-electron chi connectivity index (χ0n) is 8.49. The molecular weight excluding hydrogens is 206 g/mol. The van der Waals surface area contributed by atoms with Crippen LogP contribution in [0.4, 0.5) is 0 Å². The third-order valence-electron chi connectivity index (χ3n) is 2.64. The van der Waals surface area contributed by atoms with Crippen LogP contribution in [0.15, 0.2) is 0 Å². The number of aliphatic hydroxyl groups excluding tert-OH is 1. The molecule has 1 fully saturated rings. The van der Waals surface area contributed by atoms with E-state index in [4.69, 9.17) is 9.84 Å². The zero-order valence-corrected chi connectivity index (χ0v) is 9.30. The van der Waals surface area contributed by atoms with Crippen LogP contribution < -0.4 is 4.72 Å². The van der Waals surface area contributed by atoms with Gasteiger partial charge in [0, 0.05) is 6.61 Å². The van der Waals surface area contributed by atoms with Crippen LogP contribution in [0.25, 0.3) is 0 Å². The van der Waals surface area contributed by atoms with Gasteiger partial charge in [-0.25, -0.2) is 13.1 Å². The molecule has 1 saturated heterocycles. The van der Waals surface area contributed by atoms with Crippen molar-refractivity contribution in [1.82, 2.24) is 4.72 Å². The minimum atomic E-state index is -3.39. The molecule has 0 saturated carbocycles. The minimum Gasteiger partial charge on any atom is -0.395 e. The molecule has 2 unspecified atom stereocenters. The fourth-order valence-corrected chi connectivity index (χ4v) is 2.82. The van der Waals surface area contributed by atoms with Gasteiger partial charge in [0.15, 0.2) is 0 Å². The second kappa shape index (κ2) is 4.14. The first-order chi connectivity index (χ1) is 6.40. The van der Waals surface area contributed by atoms with Gasteiger partial charge in [-0.2, -0.15) is 0 Å². The molecule has 5 nitrogen and oxygen atoms in total. The second-order valence-electron chi connectivity index (χ2n) is 3.83. The van der Waals surface area contributed by atoms with Crippen molar-refractivity contribution in [3.05, 3.63) is 0 Å². The van der Waals surface area contributed by atoms with Crippen LogP contribution in [0.3, 0.4) is 0 Å². The molecule has 0 radical (unpaired) electrons. The Labute approximate surface area is 84.5 Å². The minimum absolute atomic E-state index is 0.129. The summed E-state index contributed by atoms with van der Waals surface area (Å²) in [6.07, 6.45) is 0.537. The fraction of sp³-hybridized carbons (Fsp3) is 1.00. The Morgan fingerprint density at radius 1 is 1.64 bits per heavy atom. The van der Waals surface area contributed by atoms with Crippen molar-refractivity contribution < 1.29 is 18.3 Å². The van der Waals surface area contributed by atoms with Gasteiger partial charge in [0.2, 0.25) is 10.0 Å². The summed E-state index contributed by atoms with van der Waals surface area (Å²) in [5.41, 5.74) is -0.534. The predicted molar refractivity (Wildman–Crippen MR) is 52.4 cm³/mol. The van der Waals surface area contributed by atoms with Gasteiger partial charge in [0.05, 0.1) is 24.0 Å². The Balaban J connectivity index is 2.67. The Hall–Kier alpha value is -0.170. The smallest absolute Gasteiger partial charge is 0.214 e. The summed E-state index contributed by atoms with van der Waals surface area (Å²) in [6.45, 7) is 3.87. The third-order valence-corrected chi connectivity index (χ3v) is 4.13. The van der Waals surface area contributed by atoms with Gasteiger partial charge in [-0.05, 0) is 20.3 Å². The molecule has 2 atom stereocenters. The van der Waals surface area contributed by atoms with Gasteiger partial charge in [-0.3, -0.25) is 0 Å². The second-order valence-corrected chi connectivity index (χ2v) is 5.67. The lowest BCUT2D eigenvalue weighted by Crippen LogP contribution is -2.51. The maximum absolute atomic E-state index is 11.4. The van der Waals surface area contributed by atoms with Gasteiger partial charge >= 0.3 is 0 Å². The van der Waals surface area contributed by atoms with E-state index in [-0.39, 0.29) is 18.5 Å². The van der Waals surface area contributed by atoms with Crippen molar-refractivity contribution in [2.24, 2.45) is 0 Å². The number of ether oxygens (including phenoxy) is 1. The first-order valence-corrected chi connectivity index (χ1v) is 6.29. The van der Waals surface area contributed by atoms with Crippen molar-refractivity contribution in [2.75, 3.05) is 19.0 Å². The molecule has 0 spiro atoms. The highest BCUT2D eigenvalue weighted by atomic mass is 32.2. The SMILES string of the molecule is CC1OCCC1(C)NS(=O)(=O)CCO. The molecule has 1 rings (SSSR count). The summed E-state index contributed by atoms with van der Waals surface area (Å²) in [6, 6.07) is 0. The summed E-state index contributed by atoms with van der Waals surface area (Å²) in [5.74, 6) is -0.255. The zero-order chi connectivity index (χ0) is 10.8. The maximum Gasteiger partial charge on any atom is 0.214 e. The van der Waals surface area contributed by atoms with Gasteiger partial charge in [0.25, 0.3) is 0 Å². The molecule has 1 aliphatic rings. The molecular formula is C8H17NO4S. The highest BCUT2D eigenvalue weighted by Crippen LogP contribution is 2.25. The quantitative estimate of drug-likeness (QED) is 0.671. The molecule has 0 bridgehead atoms. The van der Waals surface area contributed by atoms with Crippen molar-refractivity contribution in [3.8, 4) is 0 Å². The van der Waals surface area contributed by atoms with Gasteiger partial charge < -0.3 is 9.84 Å². The van der Waals surface area contributed by atoms with Crippen molar-refractivity contribution >= 4 is 10.0 Å². The van der Waals surface area contributed by atoms with Crippen molar-refractivity contribution in [1.29, 1.82) is 0 Å². The molecule has 1 aliphatic heterocycles. The Morgan fingerprint density at radius 3 is 2.71 bits per heavy atom. The topological polar surface area (TPSA) is 75.6 Å². The Morgan fingerprint density at radius 2 is 2.29 bits per heavy atom. The van der Waals surface area contributed by atoms with Gasteiger partial charge in [0.1, 0.15) is 0 Å². The van der Waals surface area contributed by atoms with E-state index < -0.39 is 15.6 Å². The Bertz CT molecular complexity index is 290. The summed E-state index contributed by atoms with van der Waals surface area (Å²) in [4.78, 5) is 0. The van der Waals surface area contributed by atoms with Crippen LogP contribution in [-0.2, 0) is 14.8 Å². The number of hydrogen-bond acceptors (Lipinski definition) is 4. The van der Waals surface area contributed by atoms with E-state index in [2.05, 4.69) is 4.72 Å². The average molecular weight is 223 g/mol. The predicted octanol–water partition coefficient (Wildman–Crippen LogP) is -0.534. The lowest BCUT2D eigenvalue weighted by atomic mass is 9.97. The number of rotatable bonds is 4. The molecule has 84 valence electrons. The van der Waals surface area contributed by atoms with Crippen LogP contribution in [0, 0.1) is 0 Å². The fourth-order valence-electron chi connectivity index (χ4n) is 1.50. The molecule has 1 heterocycles. The largest absolute Gasteiger partial charge is 0.395 e. The van der Waals surface area contributed by atoms with Gasteiger partial charge in [-0.1, -0.05) is 0 Å². The molecule has 6 heteroatoms. The van der Waals surface area contributed by atoms with Crippen molar-refractivity contribution in [3.63, 3.8) is 0 Å². The van der Waals surface area contributed by atoms with E-state index in [9.17, 15) is 8.42 Å². The first-order valence-electron chi connectivity index (χ1n) is 4.64. The van der Waals surface area contributed by atoms with Crippen molar-refractivity contribution in [2.45, 2.75) is 31.9 Å². The van der Waals surface area contributed by atoms with Crippen LogP contribution in [0.2, 0.25) is 0 Å². The number of hydrogen-bond donors (Lipinski definition) is 2. The summed E-state index contributed by atoms with van der Waals surface area (Å²) in [7, 11) is -3.39. The maximum atomic E-state index is 11.4. The highest BCUT2D eigenvalue weighted by molar-refractivity contribution is 7.89. The number of sulfonamides is 1. The molecule has 0 aromatic carbocycles. The molecule has 0 aromatic rings. The standard InChI is InChI=1S/C8H17NO4S/c1-7-8(2,3-5-13-7)9-14(11,12)6-4-10/h7,9-10H,3-6H2,1-2H3. The lowest BCUT2D eigenvalue weighted by molar-refractivity contribution is 0.0957. The lowest BCUT2D eigenvalue weighted by Gasteiger charge is -2.28. The first kappa shape index (κ1) is 11.9. The average Bonchev–Trinajstić information content (AvgIpc) is 2.30. The molecule has 2 N–H and O–H groups in total. The van der Waals surface area contributed by atoms with Crippen LogP contribution in [-0.4, -0.2) is 44.1 Å². The summed E-state index contributed by atoms with van der Waals surface area (Å²) < 4.78 is 30.7. The van der Waals surface area contributed by atoms with E-state index in [0.717, 1.165) is 0 Å². The summed E-state index contributed by atoms with van der Waals surface area (Å²) in [5, 5.41) is 8.58. The van der Waals surface area contributed by atoms with Crippen LogP contribution in [0.1, 0.15) is 20.3 Å². The van der Waals surface area contributed by atoms with E-state index >= 15 is 0 Å². The van der Waals surface area contributed by atoms with E-state index in [1.165, 1.54) is 0 Å². The van der Waals surface area contributed by atoms with E-state index in [1.807, 2.05) is 13.8 Å². The monoisotopic (exact) mass is 223 g/mol. The normalized spacial score (nSPS) is 33.5. The third kappa shape index (κ3) is 2.66.